The van der Waals surface area contributed by atoms with Crippen molar-refractivity contribution in [3.05, 3.63) is 102 Å². The average Bonchev–Trinajstić information content (AvgIpc) is 3.21. The molecule has 0 spiro atoms. The number of para-hydroxylation sites is 1. The van der Waals surface area contributed by atoms with Crippen molar-refractivity contribution in [2.75, 3.05) is 31.1 Å². The minimum absolute atomic E-state index is 0.0303. The molecular weight excluding hydrogens is 486 g/mol. The number of hydrogen-bond donors (Lipinski definition) is 2. The van der Waals surface area contributed by atoms with E-state index < -0.39 is 11.9 Å². The molecule has 0 radical (unpaired) electrons. The summed E-state index contributed by atoms with van der Waals surface area (Å²) in [6, 6.07) is 27.5. The van der Waals surface area contributed by atoms with Crippen molar-refractivity contribution in [2.45, 2.75) is 19.0 Å². The molecule has 9 heteroatoms. The molecule has 1 saturated heterocycles. The third-order valence-electron chi connectivity index (χ3n) is 6.64. The first-order valence-corrected chi connectivity index (χ1v) is 12.3. The minimum atomic E-state index is -1.82. The zero-order chi connectivity index (χ0) is 27.1. The Morgan fingerprint density at radius 1 is 0.737 bits per heavy atom. The molecule has 2 heterocycles. The topological polar surface area (TPSA) is 118 Å². The summed E-state index contributed by atoms with van der Waals surface area (Å²) in [5, 5.41) is 14.8. The molecule has 1 unspecified atom stereocenters. The molecule has 3 aromatic carbocycles. The third kappa shape index (κ3) is 6.24. The Kier molecular flexibility index (Phi) is 8.50. The van der Waals surface area contributed by atoms with Crippen LogP contribution >= 0.6 is 0 Å². The third-order valence-corrected chi connectivity index (χ3v) is 6.64. The summed E-state index contributed by atoms with van der Waals surface area (Å²) in [5.41, 5.74) is 3.77. The summed E-state index contributed by atoms with van der Waals surface area (Å²) in [7, 11) is 0. The van der Waals surface area contributed by atoms with Gasteiger partial charge in [0, 0.05) is 44.0 Å². The number of carboxylic acid groups (broad SMARTS) is 2. The number of carboxylic acids is 2. The van der Waals surface area contributed by atoms with Crippen LogP contribution in [0.3, 0.4) is 0 Å². The zero-order valence-corrected chi connectivity index (χ0v) is 20.8. The van der Waals surface area contributed by atoms with E-state index in [4.69, 9.17) is 19.8 Å². The number of nitrogens with zero attached hydrogens (tertiary/aromatic N) is 3. The number of amides is 2. The lowest BCUT2D eigenvalue weighted by molar-refractivity contribution is -0.159. The SMILES string of the molecule is O=C(CC1c2ccccc2C(=O)N1c1ccccc1)N1CCN(Cc2ccccc2)CC1.O=C(O)C(=O)O. The van der Waals surface area contributed by atoms with E-state index in [1.165, 1.54) is 5.56 Å². The normalized spacial score (nSPS) is 16.8. The molecule has 0 aliphatic carbocycles. The number of carbonyl (C=O) groups is 4. The molecule has 38 heavy (non-hydrogen) atoms. The molecule has 3 aromatic rings. The maximum atomic E-state index is 13.3. The van der Waals surface area contributed by atoms with Gasteiger partial charge in [-0.25, -0.2) is 9.59 Å². The fourth-order valence-electron chi connectivity index (χ4n) is 4.77. The van der Waals surface area contributed by atoms with Crippen molar-refractivity contribution in [3.63, 3.8) is 0 Å². The molecule has 0 aromatic heterocycles. The Hall–Kier alpha value is -4.50. The van der Waals surface area contributed by atoms with E-state index in [-0.39, 0.29) is 17.9 Å². The molecule has 2 N–H and O–H groups in total. The Morgan fingerprint density at radius 2 is 1.29 bits per heavy atom. The maximum absolute atomic E-state index is 13.3. The van der Waals surface area contributed by atoms with Crippen LogP contribution in [0.5, 0.6) is 0 Å². The summed E-state index contributed by atoms with van der Waals surface area (Å²) in [6.07, 6.45) is 0.302. The first-order chi connectivity index (χ1) is 18.3. The number of piperazine rings is 1. The van der Waals surface area contributed by atoms with Crippen LogP contribution in [-0.2, 0) is 20.9 Å². The van der Waals surface area contributed by atoms with Crippen molar-refractivity contribution in [1.82, 2.24) is 9.80 Å². The van der Waals surface area contributed by atoms with Gasteiger partial charge >= 0.3 is 11.9 Å². The van der Waals surface area contributed by atoms with E-state index in [0.29, 0.717) is 12.0 Å². The second kappa shape index (κ2) is 12.2. The standard InChI is InChI=1S/C27H27N3O2.C2H2O4/c31-26(29-17-15-28(16-18-29)20-21-9-3-1-4-10-21)19-25-23-13-7-8-14-24(23)27(32)30(25)22-11-5-2-6-12-22;3-1(4)2(5)6/h1-14,25H,15-20H2;(H,3,4)(H,5,6). The Balaban J connectivity index is 0.000000505. The van der Waals surface area contributed by atoms with Gasteiger partial charge in [0.2, 0.25) is 5.91 Å². The lowest BCUT2D eigenvalue weighted by Gasteiger charge is -2.36. The van der Waals surface area contributed by atoms with Crippen LogP contribution < -0.4 is 4.90 Å². The highest BCUT2D eigenvalue weighted by molar-refractivity contribution is 6.27. The van der Waals surface area contributed by atoms with Crippen molar-refractivity contribution in [2.24, 2.45) is 0 Å². The number of anilines is 1. The minimum Gasteiger partial charge on any atom is -0.473 e. The van der Waals surface area contributed by atoms with Crippen LogP contribution in [0.2, 0.25) is 0 Å². The van der Waals surface area contributed by atoms with E-state index in [1.54, 1.807) is 4.90 Å². The van der Waals surface area contributed by atoms with Gasteiger partial charge in [-0.05, 0) is 29.3 Å². The molecule has 2 aliphatic heterocycles. The second-order valence-corrected chi connectivity index (χ2v) is 9.07. The highest BCUT2D eigenvalue weighted by Gasteiger charge is 2.39. The smallest absolute Gasteiger partial charge is 0.414 e. The van der Waals surface area contributed by atoms with E-state index in [1.807, 2.05) is 65.6 Å². The maximum Gasteiger partial charge on any atom is 0.414 e. The fraction of sp³-hybridized carbons (Fsp3) is 0.241. The quantitative estimate of drug-likeness (QED) is 0.501. The van der Waals surface area contributed by atoms with Gasteiger partial charge in [0.05, 0.1) is 12.5 Å². The number of fused-ring (bicyclic) bond motifs is 1. The van der Waals surface area contributed by atoms with Crippen molar-refractivity contribution in [3.8, 4) is 0 Å². The van der Waals surface area contributed by atoms with E-state index in [9.17, 15) is 9.59 Å². The molecule has 196 valence electrons. The number of benzene rings is 3. The first-order valence-electron chi connectivity index (χ1n) is 12.3. The molecule has 2 amide bonds. The van der Waals surface area contributed by atoms with Crippen LogP contribution in [0, 0.1) is 0 Å². The predicted octanol–water partition coefficient (Wildman–Crippen LogP) is 3.28. The van der Waals surface area contributed by atoms with Crippen LogP contribution in [0.4, 0.5) is 5.69 Å². The van der Waals surface area contributed by atoms with Gasteiger partial charge in [-0.3, -0.25) is 14.5 Å². The molecule has 0 saturated carbocycles. The molecule has 1 fully saturated rings. The highest BCUT2D eigenvalue weighted by Crippen LogP contribution is 2.39. The monoisotopic (exact) mass is 515 g/mol. The van der Waals surface area contributed by atoms with Gasteiger partial charge in [-0.15, -0.1) is 0 Å². The van der Waals surface area contributed by atoms with Crippen LogP contribution in [0.1, 0.15) is 33.9 Å². The number of rotatable bonds is 5. The van der Waals surface area contributed by atoms with Gasteiger partial charge in [0.1, 0.15) is 0 Å². The number of carbonyl (C=O) groups excluding carboxylic acids is 2. The van der Waals surface area contributed by atoms with E-state index >= 15 is 0 Å². The van der Waals surface area contributed by atoms with Gasteiger partial charge in [0.25, 0.3) is 5.91 Å². The van der Waals surface area contributed by atoms with Crippen LogP contribution in [0.25, 0.3) is 0 Å². The highest BCUT2D eigenvalue weighted by atomic mass is 16.4. The van der Waals surface area contributed by atoms with Gasteiger partial charge in [-0.1, -0.05) is 66.7 Å². The largest absolute Gasteiger partial charge is 0.473 e. The van der Waals surface area contributed by atoms with Crippen molar-refractivity contribution in [1.29, 1.82) is 0 Å². The Labute approximate surface area is 220 Å². The molecule has 0 bridgehead atoms. The van der Waals surface area contributed by atoms with E-state index in [2.05, 4.69) is 29.2 Å². The number of hydrogen-bond acceptors (Lipinski definition) is 5. The summed E-state index contributed by atoms with van der Waals surface area (Å²) < 4.78 is 0. The van der Waals surface area contributed by atoms with Gasteiger partial charge in [0.15, 0.2) is 0 Å². The van der Waals surface area contributed by atoms with E-state index in [0.717, 1.165) is 44.0 Å². The summed E-state index contributed by atoms with van der Waals surface area (Å²) >= 11 is 0. The lowest BCUT2D eigenvalue weighted by Crippen LogP contribution is -2.49. The lowest BCUT2D eigenvalue weighted by atomic mass is 10.0. The molecule has 5 rings (SSSR count). The molecule has 1 atom stereocenters. The van der Waals surface area contributed by atoms with Crippen LogP contribution in [0.15, 0.2) is 84.9 Å². The molecule has 2 aliphatic rings. The van der Waals surface area contributed by atoms with Gasteiger partial charge < -0.3 is 20.0 Å². The summed E-state index contributed by atoms with van der Waals surface area (Å²) in [4.78, 5) is 50.8. The second-order valence-electron chi connectivity index (χ2n) is 9.07. The average molecular weight is 516 g/mol. The summed E-state index contributed by atoms with van der Waals surface area (Å²) in [6.45, 7) is 4.08. The Bertz CT molecular complexity index is 1280. The van der Waals surface area contributed by atoms with Crippen LogP contribution in [-0.4, -0.2) is 69.9 Å². The summed E-state index contributed by atoms with van der Waals surface area (Å²) in [5.74, 6) is -3.57. The van der Waals surface area contributed by atoms with Crippen molar-refractivity contribution >= 4 is 29.4 Å². The van der Waals surface area contributed by atoms with Gasteiger partial charge in [-0.2, -0.15) is 0 Å². The Morgan fingerprint density at radius 3 is 1.89 bits per heavy atom. The van der Waals surface area contributed by atoms with Crippen molar-refractivity contribution < 1.29 is 29.4 Å². The zero-order valence-electron chi connectivity index (χ0n) is 20.8. The predicted molar refractivity (Wildman–Crippen MR) is 141 cm³/mol. The molecular formula is C29H29N3O6. The fourth-order valence-corrected chi connectivity index (χ4v) is 4.77. The molecule has 9 nitrogen and oxygen atoms in total. The number of aliphatic carboxylic acids is 2. The first kappa shape index (κ1) is 26.6.